The minimum absolute atomic E-state index is 0.566. The van der Waals surface area contributed by atoms with Crippen LogP contribution < -0.4 is 4.74 Å². The summed E-state index contributed by atoms with van der Waals surface area (Å²) in [4.78, 5) is 4.34. The van der Waals surface area contributed by atoms with Gasteiger partial charge in [0.25, 0.3) is 0 Å². The lowest BCUT2D eigenvalue weighted by Gasteiger charge is -2.09. The first-order valence-corrected chi connectivity index (χ1v) is 5.79. The number of nitrogens with zero attached hydrogens (tertiary/aromatic N) is 1. The number of halogens is 2. The van der Waals surface area contributed by atoms with Crippen LogP contribution in [-0.4, -0.2) is 6.21 Å². The lowest BCUT2D eigenvalue weighted by Crippen LogP contribution is -1.88. The van der Waals surface area contributed by atoms with Crippen LogP contribution in [0.3, 0.4) is 0 Å². The fraction of sp³-hybridized carbons (Fsp3) is 0. The van der Waals surface area contributed by atoms with Crippen LogP contribution in [0.1, 0.15) is 5.56 Å². The molecular weight excluding hydrogens is 257 g/mol. The molecule has 1 heterocycles. The average molecular weight is 264 g/mol. The van der Waals surface area contributed by atoms with E-state index in [0.717, 1.165) is 5.56 Å². The van der Waals surface area contributed by atoms with Crippen molar-refractivity contribution in [3.63, 3.8) is 0 Å². The molecule has 0 N–H and O–H groups in total. The summed E-state index contributed by atoms with van der Waals surface area (Å²) in [5.41, 5.74) is 1.55. The van der Waals surface area contributed by atoms with Crippen molar-refractivity contribution in [2.24, 2.45) is 4.99 Å². The molecule has 0 saturated carbocycles. The predicted molar refractivity (Wildman–Crippen MR) is 70.2 cm³/mol. The number of ether oxygens (including phenoxy) is 1. The number of rotatable bonds is 0. The number of fused-ring (bicyclic) bond motifs is 2. The van der Waals surface area contributed by atoms with Crippen LogP contribution >= 0.6 is 23.2 Å². The summed E-state index contributed by atoms with van der Waals surface area (Å²) < 4.78 is 5.77. The standard InChI is InChI=1S/C13H7Cl2NO/c14-9-4-5-12-11(6-9)16-7-8-2-1-3-10(15)13(8)17-12/h1-7H. The van der Waals surface area contributed by atoms with Crippen LogP contribution in [0.5, 0.6) is 11.5 Å². The van der Waals surface area contributed by atoms with E-state index in [-0.39, 0.29) is 0 Å². The molecule has 84 valence electrons. The number of benzene rings is 2. The van der Waals surface area contributed by atoms with E-state index in [1.807, 2.05) is 12.1 Å². The summed E-state index contributed by atoms with van der Waals surface area (Å²) in [5.74, 6) is 1.27. The van der Waals surface area contributed by atoms with Gasteiger partial charge in [-0.1, -0.05) is 29.3 Å². The van der Waals surface area contributed by atoms with E-state index in [2.05, 4.69) is 4.99 Å². The first-order chi connectivity index (χ1) is 8.24. The van der Waals surface area contributed by atoms with Crippen molar-refractivity contribution in [3.8, 4) is 11.5 Å². The van der Waals surface area contributed by atoms with Gasteiger partial charge < -0.3 is 4.74 Å². The molecule has 0 spiro atoms. The maximum Gasteiger partial charge on any atom is 0.154 e. The minimum atomic E-state index is 0.566. The third-order valence-electron chi connectivity index (χ3n) is 2.47. The summed E-state index contributed by atoms with van der Waals surface area (Å²) in [6, 6.07) is 10.9. The zero-order valence-electron chi connectivity index (χ0n) is 8.65. The summed E-state index contributed by atoms with van der Waals surface area (Å²) >= 11 is 12.0. The summed E-state index contributed by atoms with van der Waals surface area (Å²) in [6.07, 6.45) is 1.73. The Morgan fingerprint density at radius 2 is 1.94 bits per heavy atom. The van der Waals surface area contributed by atoms with Crippen LogP contribution in [-0.2, 0) is 0 Å². The Labute approximate surface area is 108 Å². The highest BCUT2D eigenvalue weighted by atomic mass is 35.5. The van der Waals surface area contributed by atoms with E-state index >= 15 is 0 Å². The molecule has 0 bridgehead atoms. The SMILES string of the molecule is Clc1ccc2c(c1)N=Cc1cccc(Cl)c1O2. The highest BCUT2D eigenvalue weighted by molar-refractivity contribution is 6.32. The van der Waals surface area contributed by atoms with Crippen molar-refractivity contribution in [2.75, 3.05) is 0 Å². The van der Waals surface area contributed by atoms with Gasteiger partial charge >= 0.3 is 0 Å². The topological polar surface area (TPSA) is 21.6 Å². The van der Waals surface area contributed by atoms with Gasteiger partial charge in [0.05, 0.1) is 5.02 Å². The van der Waals surface area contributed by atoms with E-state index in [1.54, 1.807) is 30.5 Å². The van der Waals surface area contributed by atoms with Crippen molar-refractivity contribution in [1.82, 2.24) is 0 Å². The van der Waals surface area contributed by atoms with Gasteiger partial charge in [0.1, 0.15) is 5.69 Å². The third kappa shape index (κ3) is 1.90. The zero-order chi connectivity index (χ0) is 11.8. The average Bonchev–Trinajstić information content (AvgIpc) is 2.49. The van der Waals surface area contributed by atoms with Gasteiger partial charge in [0.15, 0.2) is 11.5 Å². The molecule has 0 aliphatic carbocycles. The smallest absolute Gasteiger partial charge is 0.154 e. The second-order valence-corrected chi connectivity index (χ2v) is 4.47. The van der Waals surface area contributed by atoms with Gasteiger partial charge in [-0.2, -0.15) is 0 Å². The molecule has 0 radical (unpaired) electrons. The van der Waals surface area contributed by atoms with Crippen LogP contribution in [0.2, 0.25) is 10.0 Å². The van der Waals surface area contributed by atoms with Crippen molar-refractivity contribution < 1.29 is 4.74 Å². The highest BCUT2D eigenvalue weighted by Gasteiger charge is 2.14. The summed E-state index contributed by atoms with van der Waals surface area (Å²) in [5, 5.41) is 1.19. The minimum Gasteiger partial charge on any atom is -0.453 e. The number of aliphatic imine (C=N–C) groups is 1. The molecule has 0 atom stereocenters. The molecule has 17 heavy (non-hydrogen) atoms. The highest BCUT2D eigenvalue weighted by Crippen LogP contribution is 2.40. The second kappa shape index (κ2) is 4.06. The van der Waals surface area contributed by atoms with Crippen molar-refractivity contribution in [2.45, 2.75) is 0 Å². The van der Waals surface area contributed by atoms with Crippen molar-refractivity contribution in [1.29, 1.82) is 0 Å². The molecule has 0 unspecified atom stereocenters. The molecule has 4 heteroatoms. The van der Waals surface area contributed by atoms with Crippen molar-refractivity contribution >= 4 is 35.1 Å². The molecule has 0 saturated heterocycles. The second-order valence-electron chi connectivity index (χ2n) is 3.63. The van der Waals surface area contributed by atoms with Gasteiger partial charge in [-0.05, 0) is 30.3 Å². The quantitative estimate of drug-likeness (QED) is 0.568. The Balaban J connectivity index is 2.20. The summed E-state index contributed by atoms with van der Waals surface area (Å²) in [6.45, 7) is 0. The van der Waals surface area contributed by atoms with E-state index in [1.165, 1.54) is 0 Å². The Morgan fingerprint density at radius 1 is 1.06 bits per heavy atom. The molecule has 1 aliphatic rings. The normalized spacial score (nSPS) is 12.4. The fourth-order valence-corrected chi connectivity index (χ4v) is 2.05. The molecule has 1 aliphatic heterocycles. The largest absolute Gasteiger partial charge is 0.453 e. The molecule has 2 aromatic carbocycles. The Morgan fingerprint density at radius 3 is 2.82 bits per heavy atom. The van der Waals surface area contributed by atoms with E-state index in [9.17, 15) is 0 Å². The van der Waals surface area contributed by atoms with E-state index in [0.29, 0.717) is 27.2 Å². The van der Waals surface area contributed by atoms with E-state index in [4.69, 9.17) is 27.9 Å². The number of para-hydroxylation sites is 1. The molecule has 2 aromatic rings. The summed E-state index contributed by atoms with van der Waals surface area (Å²) in [7, 11) is 0. The molecule has 0 amide bonds. The molecular formula is C13H7Cl2NO. The van der Waals surface area contributed by atoms with Gasteiger partial charge in [-0.25, -0.2) is 0 Å². The van der Waals surface area contributed by atoms with Gasteiger partial charge in [0.2, 0.25) is 0 Å². The van der Waals surface area contributed by atoms with Gasteiger partial charge in [-0.15, -0.1) is 0 Å². The van der Waals surface area contributed by atoms with E-state index < -0.39 is 0 Å². The molecule has 2 nitrogen and oxygen atoms in total. The van der Waals surface area contributed by atoms with Crippen molar-refractivity contribution in [3.05, 3.63) is 52.0 Å². The Bertz CT molecular complexity index is 623. The van der Waals surface area contributed by atoms with Crippen LogP contribution in [0.4, 0.5) is 5.69 Å². The number of hydrogen-bond acceptors (Lipinski definition) is 2. The Hall–Kier alpha value is -1.51. The Kier molecular flexibility index (Phi) is 2.54. The lowest BCUT2D eigenvalue weighted by molar-refractivity contribution is 0.485. The number of hydrogen-bond donors (Lipinski definition) is 0. The maximum atomic E-state index is 6.10. The zero-order valence-corrected chi connectivity index (χ0v) is 10.2. The van der Waals surface area contributed by atoms with Crippen LogP contribution in [0, 0.1) is 0 Å². The van der Waals surface area contributed by atoms with Gasteiger partial charge in [0, 0.05) is 16.8 Å². The molecule has 0 aromatic heterocycles. The van der Waals surface area contributed by atoms with Crippen LogP contribution in [0.15, 0.2) is 41.4 Å². The first kappa shape index (κ1) is 10.6. The fourth-order valence-electron chi connectivity index (χ4n) is 1.66. The third-order valence-corrected chi connectivity index (χ3v) is 3.01. The lowest BCUT2D eigenvalue weighted by atomic mass is 10.2. The molecule has 3 rings (SSSR count). The first-order valence-electron chi connectivity index (χ1n) is 5.04. The van der Waals surface area contributed by atoms with Gasteiger partial charge in [-0.3, -0.25) is 4.99 Å². The predicted octanol–water partition coefficient (Wildman–Crippen LogP) is 4.85. The van der Waals surface area contributed by atoms with Crippen LogP contribution in [0.25, 0.3) is 0 Å². The maximum absolute atomic E-state index is 6.10. The monoisotopic (exact) mass is 263 g/mol. The molecule has 0 fully saturated rings.